The number of nitrogens with two attached hydrogens (primary N) is 1. The molecule has 1 aliphatic rings. The highest BCUT2D eigenvalue weighted by Crippen LogP contribution is 2.23. The van der Waals surface area contributed by atoms with E-state index in [9.17, 15) is 4.39 Å². The van der Waals surface area contributed by atoms with Gasteiger partial charge in [0, 0.05) is 37.3 Å². The minimum atomic E-state index is -0.208. The van der Waals surface area contributed by atoms with Gasteiger partial charge >= 0.3 is 0 Å². The number of nitrogens with zero attached hydrogens (tertiary/aromatic N) is 2. The zero-order valence-corrected chi connectivity index (χ0v) is 11.7. The van der Waals surface area contributed by atoms with Crippen molar-refractivity contribution in [1.29, 1.82) is 0 Å². The second-order valence-electron chi connectivity index (χ2n) is 5.90. The van der Waals surface area contributed by atoms with Crippen molar-refractivity contribution in [2.24, 2.45) is 11.7 Å². The predicted molar refractivity (Wildman–Crippen MR) is 78.7 cm³/mol. The summed E-state index contributed by atoms with van der Waals surface area (Å²) < 4.78 is 13.8. The van der Waals surface area contributed by atoms with Crippen LogP contribution < -0.4 is 5.73 Å². The minimum Gasteiger partial charge on any atom is -0.327 e. The van der Waals surface area contributed by atoms with E-state index in [0.717, 1.165) is 37.1 Å². The third kappa shape index (κ3) is 2.67. The molecule has 20 heavy (non-hydrogen) atoms. The largest absolute Gasteiger partial charge is 0.327 e. The van der Waals surface area contributed by atoms with Crippen molar-refractivity contribution in [3.8, 4) is 0 Å². The molecule has 106 valence electrons. The lowest BCUT2D eigenvalue weighted by molar-refractivity contribution is 0.159. The maximum atomic E-state index is 13.8. The number of hydrogen-bond donors (Lipinski definition) is 1. The Balaban J connectivity index is 1.89. The number of fused-ring (bicyclic) bond motifs is 1. The predicted octanol–water partition coefficient (Wildman–Crippen LogP) is 2.54. The van der Waals surface area contributed by atoms with E-state index >= 15 is 0 Å². The first kappa shape index (κ1) is 13.5. The maximum absolute atomic E-state index is 13.8. The van der Waals surface area contributed by atoms with Crippen LogP contribution in [0.4, 0.5) is 4.39 Å². The van der Waals surface area contributed by atoms with E-state index in [-0.39, 0.29) is 11.9 Å². The summed E-state index contributed by atoms with van der Waals surface area (Å²) in [4.78, 5) is 6.70. The smallest absolute Gasteiger partial charge is 0.132 e. The van der Waals surface area contributed by atoms with Gasteiger partial charge in [-0.25, -0.2) is 4.39 Å². The van der Waals surface area contributed by atoms with Crippen LogP contribution in [0.2, 0.25) is 0 Å². The van der Waals surface area contributed by atoms with Gasteiger partial charge in [-0.2, -0.15) is 0 Å². The van der Waals surface area contributed by atoms with E-state index in [0.29, 0.717) is 11.3 Å². The molecule has 2 N–H and O–H groups in total. The van der Waals surface area contributed by atoms with Gasteiger partial charge in [0.2, 0.25) is 0 Å². The Kier molecular flexibility index (Phi) is 3.68. The van der Waals surface area contributed by atoms with Crippen LogP contribution in [0.5, 0.6) is 0 Å². The molecule has 2 atom stereocenters. The summed E-state index contributed by atoms with van der Waals surface area (Å²) >= 11 is 0. The van der Waals surface area contributed by atoms with Crippen LogP contribution in [0.3, 0.4) is 0 Å². The molecule has 2 heterocycles. The summed E-state index contributed by atoms with van der Waals surface area (Å²) in [7, 11) is 0. The summed E-state index contributed by atoms with van der Waals surface area (Å²) in [5.74, 6) is 0.402. The number of hydrogen-bond acceptors (Lipinski definition) is 3. The van der Waals surface area contributed by atoms with E-state index in [1.807, 2.05) is 6.07 Å². The van der Waals surface area contributed by atoms with E-state index in [1.165, 1.54) is 6.07 Å². The minimum absolute atomic E-state index is 0.208. The maximum Gasteiger partial charge on any atom is 0.132 e. The molecule has 1 saturated heterocycles. The summed E-state index contributed by atoms with van der Waals surface area (Å²) in [6, 6.07) is 7.17. The van der Waals surface area contributed by atoms with Gasteiger partial charge in [-0.3, -0.25) is 9.88 Å². The Bertz CT molecular complexity index is 604. The van der Waals surface area contributed by atoms with Gasteiger partial charge < -0.3 is 5.73 Å². The molecular formula is C16H20FN3. The van der Waals surface area contributed by atoms with Gasteiger partial charge in [-0.15, -0.1) is 0 Å². The normalized spacial score (nSPS) is 24.1. The number of benzene rings is 1. The molecule has 4 heteroatoms. The van der Waals surface area contributed by atoms with Gasteiger partial charge in [0.15, 0.2) is 0 Å². The topological polar surface area (TPSA) is 42.1 Å². The highest BCUT2D eigenvalue weighted by atomic mass is 19.1. The van der Waals surface area contributed by atoms with Gasteiger partial charge in [0.05, 0.1) is 5.52 Å². The van der Waals surface area contributed by atoms with Crippen LogP contribution in [0.1, 0.15) is 18.9 Å². The number of likely N-dealkylation sites (tertiary alicyclic amines) is 1. The standard InChI is InChI=1S/C16H20FN3/c1-11-7-13(18)10-20(8-11)9-12-4-5-15(17)14-3-2-6-19-16(12)14/h2-6,11,13H,7-10,18H2,1H3. The Morgan fingerprint density at radius 2 is 2.20 bits per heavy atom. The number of aromatic nitrogens is 1. The Morgan fingerprint density at radius 3 is 3.00 bits per heavy atom. The lowest BCUT2D eigenvalue weighted by Crippen LogP contribution is -2.45. The second-order valence-corrected chi connectivity index (χ2v) is 5.90. The molecule has 0 amide bonds. The lowest BCUT2D eigenvalue weighted by Gasteiger charge is -2.34. The second kappa shape index (κ2) is 5.46. The van der Waals surface area contributed by atoms with Crippen LogP contribution >= 0.6 is 0 Å². The molecule has 1 aliphatic heterocycles. The van der Waals surface area contributed by atoms with Crippen LogP contribution in [0, 0.1) is 11.7 Å². The van der Waals surface area contributed by atoms with Crippen LogP contribution in [0.15, 0.2) is 30.5 Å². The average molecular weight is 273 g/mol. The molecule has 2 aromatic rings. The molecule has 0 bridgehead atoms. The number of pyridine rings is 1. The first-order valence-electron chi connectivity index (χ1n) is 7.13. The van der Waals surface area contributed by atoms with Crippen molar-refractivity contribution in [1.82, 2.24) is 9.88 Å². The van der Waals surface area contributed by atoms with Gasteiger partial charge in [-0.1, -0.05) is 13.0 Å². The van der Waals surface area contributed by atoms with E-state index < -0.39 is 0 Å². The summed E-state index contributed by atoms with van der Waals surface area (Å²) in [5.41, 5.74) is 7.92. The fraction of sp³-hybridized carbons (Fsp3) is 0.438. The lowest BCUT2D eigenvalue weighted by atomic mass is 9.96. The van der Waals surface area contributed by atoms with Crippen molar-refractivity contribution < 1.29 is 4.39 Å². The number of halogens is 1. The highest BCUT2D eigenvalue weighted by Gasteiger charge is 2.22. The number of piperidine rings is 1. The molecule has 0 saturated carbocycles. The first-order valence-corrected chi connectivity index (χ1v) is 7.13. The van der Waals surface area contributed by atoms with Gasteiger partial charge in [0.25, 0.3) is 0 Å². The van der Waals surface area contributed by atoms with Crippen LogP contribution in [0.25, 0.3) is 10.9 Å². The van der Waals surface area contributed by atoms with E-state index in [4.69, 9.17) is 5.73 Å². The summed E-state index contributed by atoms with van der Waals surface area (Å²) in [6.07, 6.45) is 2.80. The monoisotopic (exact) mass is 273 g/mol. The molecule has 3 rings (SSSR count). The molecule has 1 fully saturated rings. The molecule has 2 unspecified atom stereocenters. The zero-order chi connectivity index (χ0) is 14.1. The Morgan fingerprint density at radius 1 is 1.35 bits per heavy atom. The van der Waals surface area contributed by atoms with Crippen molar-refractivity contribution in [3.63, 3.8) is 0 Å². The molecule has 1 aromatic heterocycles. The summed E-state index contributed by atoms with van der Waals surface area (Å²) in [6.45, 7) is 4.95. The molecule has 3 nitrogen and oxygen atoms in total. The number of rotatable bonds is 2. The highest BCUT2D eigenvalue weighted by molar-refractivity contribution is 5.82. The van der Waals surface area contributed by atoms with Crippen molar-refractivity contribution in [2.45, 2.75) is 25.9 Å². The zero-order valence-electron chi connectivity index (χ0n) is 11.7. The summed E-state index contributed by atoms with van der Waals surface area (Å²) in [5, 5.41) is 0.597. The molecule has 0 radical (unpaired) electrons. The van der Waals surface area contributed by atoms with Gasteiger partial charge in [-0.05, 0) is 36.1 Å². The SMILES string of the molecule is CC1CC(N)CN(Cc2ccc(F)c3cccnc23)C1. The van der Waals surface area contributed by atoms with Gasteiger partial charge in [0.1, 0.15) is 5.82 Å². The molecular weight excluding hydrogens is 253 g/mol. The van der Waals surface area contributed by atoms with Crippen molar-refractivity contribution in [2.75, 3.05) is 13.1 Å². The van der Waals surface area contributed by atoms with Crippen LogP contribution in [-0.2, 0) is 6.54 Å². The first-order chi connectivity index (χ1) is 9.63. The average Bonchev–Trinajstić information content (AvgIpc) is 2.41. The Labute approximate surface area is 118 Å². The van der Waals surface area contributed by atoms with E-state index in [1.54, 1.807) is 18.3 Å². The van der Waals surface area contributed by atoms with Crippen LogP contribution in [-0.4, -0.2) is 29.0 Å². The van der Waals surface area contributed by atoms with Crippen molar-refractivity contribution in [3.05, 3.63) is 41.8 Å². The fourth-order valence-corrected chi connectivity index (χ4v) is 3.21. The van der Waals surface area contributed by atoms with Crippen molar-refractivity contribution >= 4 is 10.9 Å². The van der Waals surface area contributed by atoms with E-state index in [2.05, 4.69) is 16.8 Å². The third-order valence-electron chi connectivity index (χ3n) is 3.96. The molecule has 0 aliphatic carbocycles. The third-order valence-corrected chi connectivity index (χ3v) is 3.96. The quantitative estimate of drug-likeness (QED) is 0.914. The Hall–Kier alpha value is -1.52. The molecule has 1 aromatic carbocycles. The molecule has 0 spiro atoms. The fourth-order valence-electron chi connectivity index (χ4n) is 3.21.